The highest BCUT2D eigenvalue weighted by Crippen LogP contribution is 2.25. The van der Waals surface area contributed by atoms with Crippen molar-refractivity contribution in [3.8, 4) is 0 Å². The first kappa shape index (κ1) is 13.5. The molecular formula is C14H14N4S2. The minimum absolute atomic E-state index is 0.750. The Morgan fingerprint density at radius 1 is 1.05 bits per heavy atom. The Morgan fingerprint density at radius 2 is 1.85 bits per heavy atom. The Morgan fingerprint density at radius 3 is 2.55 bits per heavy atom. The van der Waals surface area contributed by atoms with E-state index in [1.54, 1.807) is 23.5 Å². The van der Waals surface area contributed by atoms with Crippen LogP contribution in [0.2, 0.25) is 0 Å². The molecule has 0 fully saturated rings. The molecule has 0 spiro atoms. The summed E-state index contributed by atoms with van der Waals surface area (Å²) in [4.78, 5) is 8.99. The summed E-state index contributed by atoms with van der Waals surface area (Å²) in [5.74, 6) is 0. The van der Waals surface area contributed by atoms with Gasteiger partial charge in [0.05, 0.1) is 11.9 Å². The average molecular weight is 302 g/mol. The summed E-state index contributed by atoms with van der Waals surface area (Å²) >= 11 is 3.17. The second kappa shape index (κ2) is 5.85. The molecule has 0 aliphatic rings. The lowest BCUT2D eigenvalue weighted by Crippen LogP contribution is -1.99. The van der Waals surface area contributed by atoms with Gasteiger partial charge in [0.15, 0.2) is 10.8 Å². The molecule has 4 nitrogen and oxygen atoms in total. The fourth-order valence-corrected chi connectivity index (χ4v) is 2.97. The van der Waals surface area contributed by atoms with Crippen LogP contribution in [0.25, 0.3) is 11.0 Å². The summed E-state index contributed by atoms with van der Waals surface area (Å²) in [7, 11) is 0. The molecule has 102 valence electrons. The van der Waals surface area contributed by atoms with Gasteiger partial charge in [0, 0.05) is 6.20 Å². The molecule has 0 bridgehead atoms. The van der Waals surface area contributed by atoms with Crippen molar-refractivity contribution in [2.45, 2.75) is 16.7 Å². The predicted molar refractivity (Wildman–Crippen MR) is 84.4 cm³/mol. The first-order chi connectivity index (χ1) is 9.80. The van der Waals surface area contributed by atoms with Crippen LogP contribution in [0.15, 0.2) is 46.7 Å². The van der Waals surface area contributed by atoms with Crippen LogP contribution in [-0.4, -0.2) is 32.3 Å². The predicted octanol–water partition coefficient (Wildman–Crippen LogP) is 3.32. The van der Waals surface area contributed by atoms with Crippen LogP contribution in [0.3, 0.4) is 0 Å². The van der Waals surface area contributed by atoms with Crippen molar-refractivity contribution < 1.29 is 0 Å². The zero-order valence-electron chi connectivity index (χ0n) is 11.3. The fourth-order valence-electron chi connectivity index (χ4n) is 2.01. The lowest BCUT2D eigenvalue weighted by atomic mass is 10.2. The minimum atomic E-state index is 0.750. The molecule has 3 aromatic rings. The summed E-state index contributed by atoms with van der Waals surface area (Å²) < 4.78 is 1.93. The van der Waals surface area contributed by atoms with Gasteiger partial charge >= 0.3 is 0 Å². The maximum absolute atomic E-state index is 4.56. The van der Waals surface area contributed by atoms with E-state index in [1.807, 2.05) is 41.6 Å². The van der Waals surface area contributed by atoms with Crippen molar-refractivity contribution in [2.75, 3.05) is 12.5 Å². The number of thioether (sulfide) groups is 2. The SMILES string of the molecule is CSc1nc(SC)c2cn(Cc3ccccc3)nc2n1. The van der Waals surface area contributed by atoms with E-state index in [4.69, 9.17) is 0 Å². The lowest BCUT2D eigenvalue weighted by molar-refractivity contribution is 0.692. The molecule has 0 radical (unpaired) electrons. The molecule has 0 saturated carbocycles. The second-order valence-corrected chi connectivity index (χ2v) is 5.84. The number of nitrogens with zero attached hydrogens (tertiary/aromatic N) is 4. The van der Waals surface area contributed by atoms with Gasteiger partial charge in [-0.15, -0.1) is 11.8 Å². The van der Waals surface area contributed by atoms with Gasteiger partial charge < -0.3 is 0 Å². The van der Waals surface area contributed by atoms with Gasteiger partial charge in [0.1, 0.15) is 5.03 Å². The molecule has 2 aromatic heterocycles. The topological polar surface area (TPSA) is 43.6 Å². The lowest BCUT2D eigenvalue weighted by Gasteiger charge is -1.99. The van der Waals surface area contributed by atoms with Gasteiger partial charge in [-0.1, -0.05) is 42.1 Å². The Labute approximate surface area is 126 Å². The molecule has 3 rings (SSSR count). The van der Waals surface area contributed by atoms with Crippen molar-refractivity contribution in [3.63, 3.8) is 0 Å². The van der Waals surface area contributed by atoms with E-state index in [1.165, 1.54) is 5.56 Å². The van der Waals surface area contributed by atoms with E-state index in [0.717, 1.165) is 27.8 Å². The quantitative estimate of drug-likeness (QED) is 0.420. The fraction of sp³-hybridized carbons (Fsp3) is 0.214. The number of aromatic nitrogens is 4. The summed E-state index contributed by atoms with van der Waals surface area (Å²) in [6.07, 6.45) is 6.03. The van der Waals surface area contributed by atoms with E-state index in [2.05, 4.69) is 27.2 Å². The first-order valence-corrected chi connectivity index (χ1v) is 8.62. The van der Waals surface area contributed by atoms with E-state index in [9.17, 15) is 0 Å². The highest BCUT2D eigenvalue weighted by Gasteiger charge is 2.11. The third kappa shape index (κ3) is 2.66. The van der Waals surface area contributed by atoms with E-state index in [0.29, 0.717) is 0 Å². The first-order valence-electron chi connectivity index (χ1n) is 6.17. The highest BCUT2D eigenvalue weighted by molar-refractivity contribution is 7.99. The molecule has 0 atom stereocenters. The smallest absolute Gasteiger partial charge is 0.190 e. The maximum Gasteiger partial charge on any atom is 0.190 e. The summed E-state index contributed by atoms with van der Waals surface area (Å²) in [6, 6.07) is 10.3. The molecule has 1 aromatic carbocycles. The molecule has 0 N–H and O–H groups in total. The number of hydrogen-bond donors (Lipinski definition) is 0. The minimum Gasteiger partial charge on any atom is -0.265 e. The maximum atomic E-state index is 4.56. The Balaban J connectivity index is 2.01. The largest absolute Gasteiger partial charge is 0.265 e. The summed E-state index contributed by atoms with van der Waals surface area (Å²) in [5, 5.41) is 7.34. The average Bonchev–Trinajstić information content (AvgIpc) is 2.89. The van der Waals surface area contributed by atoms with Crippen molar-refractivity contribution >= 4 is 34.6 Å². The van der Waals surface area contributed by atoms with Gasteiger partial charge in [-0.05, 0) is 18.1 Å². The van der Waals surface area contributed by atoms with E-state index in [-0.39, 0.29) is 0 Å². The van der Waals surface area contributed by atoms with Crippen molar-refractivity contribution in [1.82, 2.24) is 19.7 Å². The molecule has 20 heavy (non-hydrogen) atoms. The summed E-state index contributed by atoms with van der Waals surface area (Å²) in [5.41, 5.74) is 1.99. The van der Waals surface area contributed by atoms with Crippen LogP contribution in [-0.2, 0) is 6.54 Å². The summed E-state index contributed by atoms with van der Waals surface area (Å²) in [6.45, 7) is 0.750. The van der Waals surface area contributed by atoms with Crippen molar-refractivity contribution in [3.05, 3.63) is 42.1 Å². The number of fused-ring (bicyclic) bond motifs is 1. The van der Waals surface area contributed by atoms with Crippen LogP contribution >= 0.6 is 23.5 Å². The number of rotatable bonds is 4. The van der Waals surface area contributed by atoms with Gasteiger partial charge in [-0.25, -0.2) is 9.97 Å². The Kier molecular flexibility index (Phi) is 3.93. The third-order valence-electron chi connectivity index (χ3n) is 2.93. The number of benzene rings is 1. The van der Waals surface area contributed by atoms with Gasteiger partial charge in [-0.2, -0.15) is 5.10 Å². The molecule has 0 aliphatic carbocycles. The normalized spacial score (nSPS) is 11.1. The molecule has 0 unspecified atom stereocenters. The Hall–Kier alpha value is -1.53. The van der Waals surface area contributed by atoms with E-state index < -0.39 is 0 Å². The molecular weight excluding hydrogens is 288 g/mol. The highest BCUT2D eigenvalue weighted by atomic mass is 32.2. The van der Waals surface area contributed by atoms with E-state index >= 15 is 0 Å². The van der Waals surface area contributed by atoms with Gasteiger partial charge in [0.25, 0.3) is 0 Å². The molecule has 0 saturated heterocycles. The zero-order chi connectivity index (χ0) is 13.9. The van der Waals surface area contributed by atoms with Crippen LogP contribution in [0, 0.1) is 0 Å². The van der Waals surface area contributed by atoms with Crippen molar-refractivity contribution in [1.29, 1.82) is 0 Å². The molecule has 2 heterocycles. The third-order valence-corrected chi connectivity index (χ3v) is 4.18. The Bertz CT molecular complexity index is 725. The standard InChI is InChI=1S/C14H14N4S2/c1-19-13-11-9-18(8-10-6-4-3-5-7-10)17-12(11)15-14(16-13)20-2/h3-7,9H,8H2,1-2H3. The monoisotopic (exact) mass is 302 g/mol. The van der Waals surface area contributed by atoms with Crippen LogP contribution in [0.4, 0.5) is 0 Å². The van der Waals surface area contributed by atoms with Gasteiger partial charge in [0.2, 0.25) is 0 Å². The van der Waals surface area contributed by atoms with Crippen LogP contribution in [0.5, 0.6) is 0 Å². The zero-order valence-corrected chi connectivity index (χ0v) is 12.9. The van der Waals surface area contributed by atoms with Crippen LogP contribution in [0.1, 0.15) is 5.56 Å². The van der Waals surface area contributed by atoms with Crippen LogP contribution < -0.4 is 0 Å². The molecule has 0 aliphatic heterocycles. The van der Waals surface area contributed by atoms with Gasteiger partial charge in [-0.3, -0.25) is 4.68 Å². The number of hydrogen-bond acceptors (Lipinski definition) is 5. The molecule has 6 heteroatoms. The molecule has 0 amide bonds. The second-order valence-electron chi connectivity index (χ2n) is 4.27. The van der Waals surface area contributed by atoms with Crippen molar-refractivity contribution in [2.24, 2.45) is 0 Å².